The molecule has 0 aliphatic carbocycles. The summed E-state index contributed by atoms with van der Waals surface area (Å²) in [4.78, 5) is 25.6. The SMILES string of the molecule is CC(=O)Nc1cccc(NC(=O)CCNc2ccc(N3CCCC3)cc2)c1. The van der Waals surface area contributed by atoms with Crippen molar-refractivity contribution in [1.82, 2.24) is 0 Å². The van der Waals surface area contributed by atoms with Crippen molar-refractivity contribution >= 4 is 34.6 Å². The number of rotatable bonds is 7. The third kappa shape index (κ3) is 5.74. The molecule has 0 spiro atoms. The molecule has 6 nitrogen and oxygen atoms in total. The van der Waals surface area contributed by atoms with Crippen LogP contribution in [0.25, 0.3) is 0 Å². The van der Waals surface area contributed by atoms with Gasteiger partial charge in [0, 0.05) is 55.7 Å². The van der Waals surface area contributed by atoms with E-state index in [2.05, 4.69) is 45.1 Å². The van der Waals surface area contributed by atoms with E-state index in [1.54, 1.807) is 24.3 Å². The fourth-order valence-corrected chi connectivity index (χ4v) is 3.19. The summed E-state index contributed by atoms with van der Waals surface area (Å²) < 4.78 is 0. The van der Waals surface area contributed by atoms with E-state index in [-0.39, 0.29) is 11.8 Å². The van der Waals surface area contributed by atoms with Gasteiger partial charge in [0.2, 0.25) is 11.8 Å². The molecule has 3 rings (SSSR count). The third-order valence-corrected chi connectivity index (χ3v) is 4.49. The Morgan fingerprint density at radius 3 is 2.26 bits per heavy atom. The zero-order valence-electron chi connectivity index (χ0n) is 15.6. The number of hydrogen-bond donors (Lipinski definition) is 3. The Labute approximate surface area is 159 Å². The van der Waals surface area contributed by atoms with Crippen LogP contribution in [0.3, 0.4) is 0 Å². The van der Waals surface area contributed by atoms with E-state index in [1.807, 2.05) is 0 Å². The second-order valence-electron chi connectivity index (χ2n) is 6.73. The molecule has 1 heterocycles. The van der Waals surface area contributed by atoms with Crippen molar-refractivity contribution in [1.29, 1.82) is 0 Å². The lowest BCUT2D eigenvalue weighted by atomic mass is 10.2. The van der Waals surface area contributed by atoms with Gasteiger partial charge in [-0.2, -0.15) is 0 Å². The van der Waals surface area contributed by atoms with Gasteiger partial charge in [0.25, 0.3) is 0 Å². The van der Waals surface area contributed by atoms with Gasteiger partial charge in [-0.3, -0.25) is 9.59 Å². The molecule has 2 amide bonds. The van der Waals surface area contributed by atoms with Crippen LogP contribution in [-0.2, 0) is 9.59 Å². The second-order valence-corrected chi connectivity index (χ2v) is 6.73. The van der Waals surface area contributed by atoms with Crippen molar-refractivity contribution in [2.24, 2.45) is 0 Å². The largest absolute Gasteiger partial charge is 0.385 e. The lowest BCUT2D eigenvalue weighted by Crippen LogP contribution is -2.18. The van der Waals surface area contributed by atoms with E-state index in [9.17, 15) is 9.59 Å². The molecule has 2 aromatic rings. The lowest BCUT2D eigenvalue weighted by molar-refractivity contribution is -0.116. The van der Waals surface area contributed by atoms with Gasteiger partial charge in [-0.05, 0) is 55.3 Å². The van der Waals surface area contributed by atoms with Crippen molar-refractivity contribution in [2.45, 2.75) is 26.2 Å². The van der Waals surface area contributed by atoms with E-state index in [0.717, 1.165) is 18.8 Å². The van der Waals surface area contributed by atoms with Crippen molar-refractivity contribution in [3.63, 3.8) is 0 Å². The molecular weight excluding hydrogens is 340 g/mol. The molecule has 3 N–H and O–H groups in total. The standard InChI is InChI=1S/C21H26N4O2/c1-16(26)23-18-5-4-6-19(15-18)24-21(27)11-12-22-17-7-9-20(10-8-17)25-13-2-3-14-25/h4-10,15,22H,2-3,11-14H2,1H3,(H,23,26)(H,24,27). The summed E-state index contributed by atoms with van der Waals surface area (Å²) in [6.45, 7) is 4.28. The minimum Gasteiger partial charge on any atom is -0.385 e. The molecular formula is C21H26N4O2. The minimum atomic E-state index is -0.140. The summed E-state index contributed by atoms with van der Waals surface area (Å²) in [5, 5.41) is 8.83. The summed E-state index contributed by atoms with van der Waals surface area (Å²) in [6, 6.07) is 15.5. The first-order valence-electron chi connectivity index (χ1n) is 9.36. The van der Waals surface area contributed by atoms with E-state index >= 15 is 0 Å². The molecule has 1 aliphatic heterocycles. The van der Waals surface area contributed by atoms with E-state index in [0.29, 0.717) is 24.3 Å². The molecule has 1 fully saturated rings. The number of nitrogens with one attached hydrogen (secondary N) is 3. The van der Waals surface area contributed by atoms with Gasteiger partial charge in [-0.25, -0.2) is 0 Å². The summed E-state index contributed by atoms with van der Waals surface area (Å²) in [5.41, 5.74) is 3.60. The van der Waals surface area contributed by atoms with Crippen LogP contribution in [0.5, 0.6) is 0 Å². The summed E-state index contributed by atoms with van der Waals surface area (Å²) in [5.74, 6) is -0.213. The monoisotopic (exact) mass is 366 g/mol. The van der Waals surface area contributed by atoms with Gasteiger partial charge in [0.1, 0.15) is 0 Å². The molecule has 0 radical (unpaired) electrons. The van der Waals surface area contributed by atoms with Gasteiger partial charge in [-0.15, -0.1) is 0 Å². The second kappa shape index (κ2) is 9.07. The van der Waals surface area contributed by atoms with Crippen LogP contribution in [0.4, 0.5) is 22.7 Å². The number of nitrogens with zero attached hydrogens (tertiary/aromatic N) is 1. The Hall–Kier alpha value is -3.02. The van der Waals surface area contributed by atoms with Crippen molar-refractivity contribution in [2.75, 3.05) is 40.5 Å². The van der Waals surface area contributed by atoms with Crippen molar-refractivity contribution in [3.8, 4) is 0 Å². The first kappa shape index (κ1) is 18.8. The Balaban J connectivity index is 1.43. The number of anilines is 4. The molecule has 0 bridgehead atoms. The maximum absolute atomic E-state index is 12.1. The Bertz CT molecular complexity index is 783. The van der Waals surface area contributed by atoms with E-state index in [4.69, 9.17) is 0 Å². The zero-order chi connectivity index (χ0) is 19.1. The maximum Gasteiger partial charge on any atom is 0.226 e. The summed E-state index contributed by atoms with van der Waals surface area (Å²) >= 11 is 0. The average molecular weight is 366 g/mol. The van der Waals surface area contributed by atoms with E-state index < -0.39 is 0 Å². The Morgan fingerprint density at radius 1 is 0.926 bits per heavy atom. The number of benzene rings is 2. The predicted molar refractivity (Wildman–Crippen MR) is 110 cm³/mol. The van der Waals surface area contributed by atoms with Crippen LogP contribution < -0.4 is 20.9 Å². The fourth-order valence-electron chi connectivity index (χ4n) is 3.19. The van der Waals surface area contributed by atoms with Gasteiger partial charge in [-0.1, -0.05) is 6.07 Å². The minimum absolute atomic E-state index is 0.0730. The smallest absolute Gasteiger partial charge is 0.226 e. The Kier molecular flexibility index (Phi) is 6.30. The number of hydrogen-bond acceptors (Lipinski definition) is 4. The molecule has 142 valence electrons. The molecule has 0 atom stereocenters. The first-order valence-corrected chi connectivity index (χ1v) is 9.36. The van der Waals surface area contributed by atoms with Crippen LogP contribution in [0.15, 0.2) is 48.5 Å². The van der Waals surface area contributed by atoms with Crippen molar-refractivity contribution < 1.29 is 9.59 Å². The summed E-state index contributed by atoms with van der Waals surface area (Å²) in [7, 11) is 0. The highest BCUT2D eigenvalue weighted by atomic mass is 16.2. The molecule has 0 unspecified atom stereocenters. The van der Waals surface area contributed by atoms with Gasteiger partial charge in [0.15, 0.2) is 0 Å². The quantitative estimate of drug-likeness (QED) is 0.699. The van der Waals surface area contributed by atoms with Gasteiger partial charge >= 0.3 is 0 Å². The van der Waals surface area contributed by atoms with Crippen molar-refractivity contribution in [3.05, 3.63) is 48.5 Å². The molecule has 2 aromatic carbocycles. The molecule has 0 aromatic heterocycles. The summed E-state index contributed by atoms with van der Waals surface area (Å²) in [6.07, 6.45) is 2.89. The predicted octanol–water partition coefficient (Wildman–Crippen LogP) is 3.69. The third-order valence-electron chi connectivity index (χ3n) is 4.49. The van der Waals surface area contributed by atoms with Gasteiger partial charge in [0.05, 0.1) is 0 Å². The number of carbonyl (C=O) groups is 2. The highest BCUT2D eigenvalue weighted by Gasteiger charge is 2.11. The zero-order valence-corrected chi connectivity index (χ0v) is 15.6. The maximum atomic E-state index is 12.1. The fraction of sp³-hybridized carbons (Fsp3) is 0.333. The number of carbonyl (C=O) groups excluding carboxylic acids is 2. The highest BCUT2D eigenvalue weighted by molar-refractivity contribution is 5.93. The van der Waals surface area contributed by atoms with E-state index in [1.165, 1.54) is 25.5 Å². The Morgan fingerprint density at radius 2 is 1.59 bits per heavy atom. The molecule has 27 heavy (non-hydrogen) atoms. The number of amides is 2. The highest BCUT2D eigenvalue weighted by Crippen LogP contribution is 2.22. The average Bonchev–Trinajstić information content (AvgIpc) is 3.17. The molecule has 1 aliphatic rings. The molecule has 1 saturated heterocycles. The first-order chi connectivity index (χ1) is 13.1. The van der Waals surface area contributed by atoms with Crippen LogP contribution >= 0.6 is 0 Å². The normalized spacial score (nSPS) is 13.3. The lowest BCUT2D eigenvalue weighted by Gasteiger charge is -2.18. The van der Waals surface area contributed by atoms with Gasteiger partial charge < -0.3 is 20.9 Å². The topological polar surface area (TPSA) is 73.5 Å². The van der Waals surface area contributed by atoms with Crippen LogP contribution in [-0.4, -0.2) is 31.4 Å². The van der Waals surface area contributed by atoms with Crippen LogP contribution in [0, 0.1) is 0 Å². The van der Waals surface area contributed by atoms with Crippen LogP contribution in [0.2, 0.25) is 0 Å². The molecule has 0 saturated carbocycles. The molecule has 6 heteroatoms. The van der Waals surface area contributed by atoms with Crippen LogP contribution in [0.1, 0.15) is 26.2 Å².